The van der Waals surface area contributed by atoms with E-state index in [0.717, 1.165) is 5.56 Å². The van der Waals surface area contributed by atoms with Crippen molar-refractivity contribution in [3.8, 4) is 0 Å². The Hall–Kier alpha value is -2.99. The zero-order valence-corrected chi connectivity index (χ0v) is 14.7. The Morgan fingerprint density at radius 3 is 2.58 bits per heavy atom. The van der Waals surface area contributed by atoms with Gasteiger partial charge >= 0.3 is 0 Å². The number of halogens is 2. The number of anilines is 2. The molecule has 0 fully saturated rings. The van der Waals surface area contributed by atoms with Crippen LogP contribution in [-0.2, 0) is 6.54 Å². The molecule has 0 bridgehead atoms. The second-order valence-electron chi connectivity index (χ2n) is 5.66. The van der Waals surface area contributed by atoms with E-state index in [0.29, 0.717) is 27.8 Å². The third kappa shape index (κ3) is 4.34. The van der Waals surface area contributed by atoms with E-state index in [-0.39, 0.29) is 18.3 Å². The molecule has 132 valence electrons. The number of hydrogen-bond acceptors (Lipinski definition) is 4. The molecule has 0 atom stereocenters. The van der Waals surface area contributed by atoms with Gasteiger partial charge in [-0.1, -0.05) is 35.9 Å². The van der Waals surface area contributed by atoms with E-state index in [4.69, 9.17) is 11.6 Å². The van der Waals surface area contributed by atoms with Gasteiger partial charge in [0.2, 0.25) is 5.95 Å². The Balaban J connectivity index is 1.62. The molecule has 0 aliphatic heterocycles. The highest BCUT2D eigenvalue weighted by Crippen LogP contribution is 2.20. The summed E-state index contributed by atoms with van der Waals surface area (Å²) in [6, 6.07) is 11.7. The molecule has 0 spiro atoms. The Bertz CT molecular complexity index is 931. The molecule has 0 saturated heterocycles. The lowest BCUT2D eigenvalue weighted by atomic mass is 10.2. The number of nitrogens with zero attached hydrogens (tertiary/aromatic N) is 2. The number of amides is 1. The molecule has 0 aliphatic carbocycles. The third-order valence-electron chi connectivity index (χ3n) is 3.74. The van der Waals surface area contributed by atoms with E-state index < -0.39 is 0 Å². The van der Waals surface area contributed by atoms with Gasteiger partial charge < -0.3 is 10.6 Å². The van der Waals surface area contributed by atoms with Crippen LogP contribution in [0.15, 0.2) is 54.9 Å². The maximum atomic E-state index is 13.6. The summed E-state index contributed by atoms with van der Waals surface area (Å²) in [4.78, 5) is 20.4. The van der Waals surface area contributed by atoms with E-state index >= 15 is 0 Å². The van der Waals surface area contributed by atoms with Crippen LogP contribution in [0.3, 0.4) is 0 Å². The molecule has 0 radical (unpaired) electrons. The number of hydrogen-bond donors (Lipinski definition) is 2. The Morgan fingerprint density at radius 2 is 1.88 bits per heavy atom. The summed E-state index contributed by atoms with van der Waals surface area (Å²) in [5, 5.41) is 6.23. The molecule has 5 nitrogen and oxygen atoms in total. The van der Waals surface area contributed by atoms with Crippen LogP contribution in [-0.4, -0.2) is 15.9 Å². The molecule has 3 rings (SSSR count). The summed E-state index contributed by atoms with van der Waals surface area (Å²) in [5.41, 5.74) is 2.33. The topological polar surface area (TPSA) is 66.9 Å². The molecule has 1 aromatic heterocycles. The molecule has 2 aromatic carbocycles. The van der Waals surface area contributed by atoms with Crippen LogP contribution in [0, 0.1) is 12.7 Å². The molecule has 2 N–H and O–H groups in total. The van der Waals surface area contributed by atoms with Gasteiger partial charge in [-0.15, -0.1) is 0 Å². The van der Waals surface area contributed by atoms with Crippen molar-refractivity contribution in [3.63, 3.8) is 0 Å². The zero-order chi connectivity index (χ0) is 18.5. The number of benzene rings is 2. The van der Waals surface area contributed by atoms with Gasteiger partial charge in [-0.25, -0.2) is 14.4 Å². The van der Waals surface area contributed by atoms with Gasteiger partial charge in [0.25, 0.3) is 5.91 Å². The molecular weight excluding hydrogens is 355 g/mol. The van der Waals surface area contributed by atoms with Gasteiger partial charge in [-0.2, -0.15) is 0 Å². The van der Waals surface area contributed by atoms with Gasteiger partial charge in [0, 0.05) is 35.2 Å². The SMILES string of the molecule is Cc1ccc(NC(=O)c2cnc(NCc3ccccc3F)nc2)cc1Cl. The largest absolute Gasteiger partial charge is 0.350 e. The average Bonchev–Trinajstić information content (AvgIpc) is 2.64. The van der Waals surface area contributed by atoms with Crippen molar-refractivity contribution in [2.45, 2.75) is 13.5 Å². The monoisotopic (exact) mass is 370 g/mol. The summed E-state index contributed by atoms with van der Waals surface area (Å²) in [6.07, 6.45) is 2.81. The quantitative estimate of drug-likeness (QED) is 0.696. The first kappa shape index (κ1) is 17.8. The first-order valence-corrected chi connectivity index (χ1v) is 8.27. The third-order valence-corrected chi connectivity index (χ3v) is 4.15. The molecule has 0 saturated carbocycles. The Labute approximate surface area is 155 Å². The van der Waals surface area contributed by atoms with E-state index in [1.54, 1.807) is 30.3 Å². The first-order valence-electron chi connectivity index (χ1n) is 7.90. The van der Waals surface area contributed by atoms with Crippen LogP contribution in [0.2, 0.25) is 5.02 Å². The van der Waals surface area contributed by atoms with Crippen LogP contribution in [0.5, 0.6) is 0 Å². The smallest absolute Gasteiger partial charge is 0.258 e. The normalized spacial score (nSPS) is 10.4. The minimum Gasteiger partial charge on any atom is -0.350 e. The van der Waals surface area contributed by atoms with E-state index in [9.17, 15) is 9.18 Å². The minimum atomic E-state index is -0.342. The molecule has 7 heteroatoms. The van der Waals surface area contributed by atoms with Crippen LogP contribution in [0.25, 0.3) is 0 Å². The van der Waals surface area contributed by atoms with E-state index in [2.05, 4.69) is 20.6 Å². The summed E-state index contributed by atoms with van der Waals surface area (Å²) in [5.74, 6) is -0.332. The predicted molar refractivity (Wildman–Crippen MR) is 99.9 cm³/mol. The molecule has 1 amide bonds. The average molecular weight is 371 g/mol. The Kier molecular flexibility index (Phi) is 5.43. The standard InChI is InChI=1S/C19H16ClFN4O/c1-12-6-7-15(8-16(12)20)25-18(26)14-10-23-19(24-11-14)22-9-13-4-2-3-5-17(13)21/h2-8,10-11H,9H2,1H3,(H,25,26)(H,22,23,24). The number of nitrogens with one attached hydrogen (secondary N) is 2. The lowest BCUT2D eigenvalue weighted by Crippen LogP contribution is -2.13. The molecule has 0 aliphatic rings. The highest BCUT2D eigenvalue weighted by atomic mass is 35.5. The maximum Gasteiger partial charge on any atom is 0.258 e. The molecule has 3 aromatic rings. The minimum absolute atomic E-state index is 0.250. The summed E-state index contributed by atoms with van der Waals surface area (Å²) >= 11 is 6.05. The Morgan fingerprint density at radius 1 is 1.15 bits per heavy atom. The van der Waals surface area contributed by atoms with Gasteiger partial charge in [-0.05, 0) is 30.7 Å². The number of carbonyl (C=O) groups is 1. The lowest BCUT2D eigenvalue weighted by molar-refractivity contribution is 0.102. The fraction of sp³-hybridized carbons (Fsp3) is 0.105. The zero-order valence-electron chi connectivity index (χ0n) is 14.0. The van der Waals surface area contributed by atoms with E-state index in [1.807, 2.05) is 13.0 Å². The molecule has 1 heterocycles. The second kappa shape index (κ2) is 7.93. The summed E-state index contributed by atoms with van der Waals surface area (Å²) < 4.78 is 13.6. The highest BCUT2D eigenvalue weighted by Gasteiger charge is 2.09. The first-order chi connectivity index (χ1) is 12.5. The fourth-order valence-electron chi connectivity index (χ4n) is 2.23. The van der Waals surface area contributed by atoms with Gasteiger partial charge in [0.05, 0.1) is 5.56 Å². The van der Waals surface area contributed by atoms with Crippen molar-refractivity contribution < 1.29 is 9.18 Å². The lowest BCUT2D eigenvalue weighted by Gasteiger charge is -2.08. The van der Waals surface area contributed by atoms with E-state index in [1.165, 1.54) is 18.5 Å². The maximum absolute atomic E-state index is 13.6. The van der Waals surface area contributed by atoms with Crippen molar-refractivity contribution in [1.29, 1.82) is 0 Å². The number of carbonyl (C=O) groups excluding carboxylic acids is 1. The van der Waals surface area contributed by atoms with Crippen molar-refractivity contribution in [3.05, 3.63) is 82.4 Å². The van der Waals surface area contributed by atoms with Crippen LogP contribution in [0.1, 0.15) is 21.5 Å². The highest BCUT2D eigenvalue weighted by molar-refractivity contribution is 6.31. The predicted octanol–water partition coefficient (Wildman–Crippen LogP) is 4.44. The molecule has 26 heavy (non-hydrogen) atoms. The molecule has 0 unspecified atom stereocenters. The molecular formula is C19H16ClFN4O. The van der Waals surface area contributed by atoms with Gasteiger partial charge in [0.15, 0.2) is 0 Å². The van der Waals surface area contributed by atoms with Crippen molar-refractivity contribution in [2.24, 2.45) is 0 Å². The second-order valence-corrected chi connectivity index (χ2v) is 6.07. The van der Waals surface area contributed by atoms with Crippen LogP contribution >= 0.6 is 11.6 Å². The number of aromatic nitrogens is 2. The number of rotatable bonds is 5. The van der Waals surface area contributed by atoms with Crippen molar-refractivity contribution >= 4 is 29.1 Å². The number of aryl methyl sites for hydroxylation is 1. The summed E-state index contributed by atoms with van der Waals surface area (Å²) in [6.45, 7) is 2.13. The van der Waals surface area contributed by atoms with Crippen molar-refractivity contribution in [1.82, 2.24) is 9.97 Å². The van der Waals surface area contributed by atoms with Gasteiger partial charge in [-0.3, -0.25) is 4.79 Å². The van der Waals surface area contributed by atoms with Crippen molar-refractivity contribution in [2.75, 3.05) is 10.6 Å². The fourth-order valence-corrected chi connectivity index (χ4v) is 2.41. The summed E-state index contributed by atoms with van der Waals surface area (Å²) in [7, 11) is 0. The van der Waals surface area contributed by atoms with Crippen LogP contribution < -0.4 is 10.6 Å². The van der Waals surface area contributed by atoms with Gasteiger partial charge in [0.1, 0.15) is 5.82 Å². The van der Waals surface area contributed by atoms with Crippen LogP contribution in [0.4, 0.5) is 16.0 Å².